The van der Waals surface area contributed by atoms with Crippen molar-refractivity contribution in [2.75, 3.05) is 0 Å². The number of benzene rings is 2. The summed E-state index contributed by atoms with van der Waals surface area (Å²) in [5.74, 6) is 0. The second-order valence-electron chi connectivity index (χ2n) is 4.18. The van der Waals surface area contributed by atoms with Crippen molar-refractivity contribution >= 4 is 16.8 Å². The average molecular weight is 210 g/mol. The van der Waals surface area contributed by atoms with Crippen molar-refractivity contribution in [3.05, 3.63) is 53.6 Å². The van der Waals surface area contributed by atoms with Gasteiger partial charge in [-0.15, -0.1) is 0 Å². The van der Waals surface area contributed by atoms with Crippen molar-refractivity contribution in [3.8, 4) is 0 Å². The highest BCUT2D eigenvalue weighted by Gasteiger charge is 2.06. The van der Waals surface area contributed by atoms with Crippen LogP contribution in [0.25, 0.3) is 16.8 Å². The van der Waals surface area contributed by atoms with Gasteiger partial charge >= 0.3 is 0 Å². The average Bonchev–Trinajstić information content (AvgIpc) is 2.31. The van der Waals surface area contributed by atoms with E-state index in [4.69, 9.17) is 0 Å². The number of rotatable bonds is 0. The van der Waals surface area contributed by atoms with Gasteiger partial charge in [0.2, 0.25) is 0 Å². The van der Waals surface area contributed by atoms with Gasteiger partial charge in [-0.25, -0.2) is 0 Å². The van der Waals surface area contributed by atoms with Gasteiger partial charge in [0.15, 0.2) is 0 Å². The summed E-state index contributed by atoms with van der Waals surface area (Å²) in [7, 11) is 0. The summed E-state index contributed by atoms with van der Waals surface area (Å²) in [4.78, 5) is 0. The minimum atomic E-state index is 1.08. The van der Waals surface area contributed by atoms with E-state index in [0.29, 0.717) is 0 Å². The summed E-state index contributed by atoms with van der Waals surface area (Å²) >= 11 is 0. The second-order valence-corrected chi connectivity index (χ2v) is 4.18. The van der Waals surface area contributed by atoms with Crippen molar-refractivity contribution in [3.63, 3.8) is 0 Å². The first kappa shape index (κ1) is 10.9. The Morgan fingerprint density at radius 1 is 1.00 bits per heavy atom. The lowest BCUT2D eigenvalue weighted by atomic mass is 9.93. The first-order valence-electron chi connectivity index (χ1n) is 6.04. The van der Waals surface area contributed by atoms with Crippen LogP contribution in [-0.4, -0.2) is 0 Å². The van der Waals surface area contributed by atoms with Crippen LogP contribution < -0.4 is 0 Å². The highest BCUT2D eigenvalue weighted by molar-refractivity contribution is 5.94. The molecule has 0 aromatic heterocycles. The van der Waals surface area contributed by atoms with E-state index < -0.39 is 0 Å². The highest BCUT2D eigenvalue weighted by atomic mass is 14.1. The van der Waals surface area contributed by atoms with Gasteiger partial charge in [0, 0.05) is 0 Å². The Labute approximate surface area is 97.6 Å². The van der Waals surface area contributed by atoms with Crippen molar-refractivity contribution < 1.29 is 0 Å². The molecule has 3 rings (SSSR count). The van der Waals surface area contributed by atoms with Crippen LogP contribution in [0.5, 0.6) is 0 Å². The van der Waals surface area contributed by atoms with E-state index in [1.54, 1.807) is 0 Å². The molecule has 0 atom stereocenters. The lowest BCUT2D eigenvalue weighted by Crippen LogP contribution is -1.91. The van der Waals surface area contributed by atoms with E-state index in [2.05, 4.69) is 62.4 Å². The van der Waals surface area contributed by atoms with Gasteiger partial charge in [0.25, 0.3) is 0 Å². The molecule has 0 heteroatoms. The standard InChI is InChI=1S/C13H10.C3H8/c1-4-10-6-2-8-12-9-3-7-11(5-1)13(10)12;1-3-2/h1-8H,9H2;3H2,1-2H3. The van der Waals surface area contributed by atoms with Crippen molar-refractivity contribution in [1.82, 2.24) is 0 Å². The molecule has 0 saturated carbocycles. The SMILES string of the molecule is C1=Cc2cccc3cccc(c23)C1.CCC. The molecule has 2 aromatic rings. The highest BCUT2D eigenvalue weighted by Crippen LogP contribution is 2.27. The van der Waals surface area contributed by atoms with Crippen LogP contribution >= 0.6 is 0 Å². The molecule has 0 spiro atoms. The molecule has 0 fully saturated rings. The number of allylic oxidation sites excluding steroid dienone is 1. The first-order valence-corrected chi connectivity index (χ1v) is 6.04. The number of hydrogen-bond acceptors (Lipinski definition) is 0. The minimum absolute atomic E-state index is 1.08. The maximum Gasteiger partial charge on any atom is -0.00763 e. The van der Waals surface area contributed by atoms with E-state index in [1.165, 1.54) is 28.3 Å². The second kappa shape index (κ2) is 4.98. The van der Waals surface area contributed by atoms with Crippen LogP contribution in [0, 0.1) is 0 Å². The lowest BCUT2D eigenvalue weighted by molar-refractivity contribution is 1.09. The molecule has 0 nitrogen and oxygen atoms in total. The van der Waals surface area contributed by atoms with Gasteiger partial charge in [0.05, 0.1) is 0 Å². The van der Waals surface area contributed by atoms with Gasteiger partial charge in [0.1, 0.15) is 0 Å². The maximum absolute atomic E-state index is 2.23. The Morgan fingerprint density at radius 3 is 2.44 bits per heavy atom. The van der Waals surface area contributed by atoms with Crippen LogP contribution in [0.1, 0.15) is 31.4 Å². The first-order chi connectivity index (χ1) is 7.86. The van der Waals surface area contributed by atoms with Crippen LogP contribution in [0.3, 0.4) is 0 Å². The fourth-order valence-electron chi connectivity index (χ4n) is 2.07. The molecule has 1 aliphatic rings. The van der Waals surface area contributed by atoms with E-state index in [-0.39, 0.29) is 0 Å². The molecule has 0 radical (unpaired) electrons. The topological polar surface area (TPSA) is 0 Å². The number of hydrogen-bond donors (Lipinski definition) is 0. The van der Waals surface area contributed by atoms with Gasteiger partial charge in [-0.3, -0.25) is 0 Å². The molecule has 0 heterocycles. The third-order valence-electron chi connectivity index (χ3n) is 2.66. The van der Waals surface area contributed by atoms with Crippen LogP contribution in [-0.2, 0) is 6.42 Å². The van der Waals surface area contributed by atoms with Crippen molar-refractivity contribution in [2.45, 2.75) is 26.7 Å². The van der Waals surface area contributed by atoms with Gasteiger partial charge in [-0.2, -0.15) is 0 Å². The summed E-state index contributed by atoms with van der Waals surface area (Å²) in [5.41, 5.74) is 2.81. The zero-order valence-corrected chi connectivity index (χ0v) is 10.0. The molecular weight excluding hydrogens is 192 g/mol. The lowest BCUT2D eigenvalue weighted by Gasteiger charge is -2.11. The summed E-state index contributed by atoms with van der Waals surface area (Å²) in [6, 6.07) is 13.0. The molecule has 16 heavy (non-hydrogen) atoms. The van der Waals surface area contributed by atoms with Crippen LogP contribution in [0.2, 0.25) is 0 Å². The molecule has 1 aliphatic carbocycles. The normalized spacial score (nSPS) is 12.1. The fraction of sp³-hybridized carbons (Fsp3) is 0.250. The van der Waals surface area contributed by atoms with E-state index >= 15 is 0 Å². The third-order valence-corrected chi connectivity index (χ3v) is 2.66. The predicted octanol–water partition coefficient (Wildman–Crippen LogP) is 4.83. The molecule has 0 bridgehead atoms. The van der Waals surface area contributed by atoms with Gasteiger partial charge in [-0.05, 0) is 28.3 Å². The fourth-order valence-corrected chi connectivity index (χ4v) is 2.07. The Hall–Kier alpha value is -1.56. The Balaban J connectivity index is 0.000000292. The molecule has 0 amide bonds. The molecule has 0 unspecified atom stereocenters. The Kier molecular flexibility index (Phi) is 3.40. The van der Waals surface area contributed by atoms with Crippen molar-refractivity contribution in [2.24, 2.45) is 0 Å². The molecule has 0 N–H and O–H groups in total. The Morgan fingerprint density at radius 2 is 1.69 bits per heavy atom. The summed E-state index contributed by atoms with van der Waals surface area (Å²) in [6.45, 7) is 4.25. The summed E-state index contributed by atoms with van der Waals surface area (Å²) in [6.07, 6.45) is 6.78. The maximum atomic E-state index is 2.23. The van der Waals surface area contributed by atoms with Gasteiger partial charge in [-0.1, -0.05) is 68.8 Å². The Bertz CT molecular complexity index is 501. The summed E-state index contributed by atoms with van der Waals surface area (Å²) < 4.78 is 0. The molecule has 82 valence electrons. The predicted molar refractivity (Wildman–Crippen MR) is 72.7 cm³/mol. The third kappa shape index (κ3) is 2.01. The molecule has 0 aliphatic heterocycles. The van der Waals surface area contributed by atoms with Crippen LogP contribution in [0.4, 0.5) is 0 Å². The molecular formula is C16H18. The van der Waals surface area contributed by atoms with E-state index in [1.807, 2.05) is 0 Å². The smallest absolute Gasteiger partial charge is 0.00763 e. The molecule has 0 saturated heterocycles. The van der Waals surface area contributed by atoms with Crippen molar-refractivity contribution in [1.29, 1.82) is 0 Å². The minimum Gasteiger partial charge on any atom is -0.0795 e. The quantitative estimate of drug-likeness (QED) is 0.584. The van der Waals surface area contributed by atoms with E-state index in [0.717, 1.165) is 6.42 Å². The van der Waals surface area contributed by atoms with E-state index in [9.17, 15) is 0 Å². The monoisotopic (exact) mass is 210 g/mol. The van der Waals surface area contributed by atoms with Crippen LogP contribution in [0.15, 0.2) is 42.5 Å². The zero-order valence-electron chi connectivity index (χ0n) is 10.0. The van der Waals surface area contributed by atoms with Gasteiger partial charge < -0.3 is 0 Å². The zero-order chi connectivity index (χ0) is 11.4. The summed E-state index contributed by atoms with van der Waals surface area (Å²) in [5, 5.41) is 2.80. The largest absolute Gasteiger partial charge is 0.0795 e. The molecule has 2 aromatic carbocycles.